The third-order valence-electron chi connectivity index (χ3n) is 4.28. The molecule has 0 amide bonds. The van der Waals surface area contributed by atoms with Crippen LogP contribution in [0.25, 0.3) is 34.0 Å². The van der Waals surface area contributed by atoms with E-state index in [-0.39, 0.29) is 38.6 Å². The van der Waals surface area contributed by atoms with Crippen molar-refractivity contribution < 1.29 is 15.4 Å². The summed E-state index contributed by atoms with van der Waals surface area (Å²) in [6, 6.07) is 10.7. The second-order valence-corrected chi connectivity index (χ2v) is 7.80. The number of halogens is 2. The summed E-state index contributed by atoms with van der Waals surface area (Å²) < 4.78 is 0.843. The highest BCUT2D eigenvalue weighted by atomic mass is 35.5. The second-order valence-electron chi connectivity index (χ2n) is 6.21. The van der Waals surface area contributed by atoms with Crippen molar-refractivity contribution in [3.63, 3.8) is 0 Å². The number of phenols is 2. The number of phenolic OH excluding ortho intramolecular Hbond substituents is 2. The monoisotopic (exact) mass is 460 g/mol. The zero-order valence-electron chi connectivity index (χ0n) is 15.4. The fraction of sp³-hybridized carbons (Fsp3) is 0.0500. The van der Waals surface area contributed by atoms with Gasteiger partial charge in [-0.25, -0.2) is 15.0 Å². The molecule has 0 aliphatic rings. The minimum absolute atomic E-state index is 0.0423. The number of thioether (sulfide) groups is 1. The summed E-state index contributed by atoms with van der Waals surface area (Å²) >= 11 is 13.9. The molecule has 0 aliphatic heterocycles. The van der Waals surface area contributed by atoms with Crippen molar-refractivity contribution in [1.82, 2.24) is 19.7 Å². The number of nitrogens with zero attached hydrogens (tertiary/aromatic N) is 4. The molecule has 10 heteroatoms. The quantitative estimate of drug-likeness (QED) is 0.214. The Hall–Kier alpha value is -2.94. The summed E-state index contributed by atoms with van der Waals surface area (Å²) in [6.07, 6.45) is 3.42. The van der Waals surface area contributed by atoms with Crippen molar-refractivity contribution >= 4 is 35.0 Å². The van der Waals surface area contributed by atoms with Gasteiger partial charge in [0.05, 0.1) is 21.3 Å². The molecule has 4 rings (SSSR count). The SMILES string of the molecule is CSc1nccc(-c2c(-c3cccc(O)c3)nc(-c3c(Cl)cc(O)cc3Cl)n2O)n1. The van der Waals surface area contributed by atoms with E-state index in [1.54, 1.807) is 24.4 Å². The van der Waals surface area contributed by atoms with Crippen molar-refractivity contribution in [2.75, 3.05) is 6.26 Å². The van der Waals surface area contributed by atoms with Gasteiger partial charge in [0.2, 0.25) is 0 Å². The first-order valence-electron chi connectivity index (χ1n) is 8.56. The van der Waals surface area contributed by atoms with E-state index in [0.29, 0.717) is 22.1 Å². The molecule has 3 N–H and O–H groups in total. The van der Waals surface area contributed by atoms with E-state index in [1.807, 2.05) is 6.26 Å². The van der Waals surface area contributed by atoms with Crippen molar-refractivity contribution in [1.29, 1.82) is 0 Å². The van der Waals surface area contributed by atoms with E-state index in [2.05, 4.69) is 15.0 Å². The van der Waals surface area contributed by atoms with Gasteiger partial charge in [-0.1, -0.05) is 47.1 Å². The van der Waals surface area contributed by atoms with Crippen LogP contribution in [0.4, 0.5) is 0 Å². The van der Waals surface area contributed by atoms with Crippen LogP contribution < -0.4 is 0 Å². The maximum Gasteiger partial charge on any atom is 0.187 e. The molecule has 30 heavy (non-hydrogen) atoms. The zero-order valence-corrected chi connectivity index (χ0v) is 17.7. The zero-order chi connectivity index (χ0) is 21.4. The van der Waals surface area contributed by atoms with Crippen molar-refractivity contribution in [3.8, 4) is 45.5 Å². The summed E-state index contributed by atoms with van der Waals surface area (Å²) in [5.74, 6) is -0.0121. The van der Waals surface area contributed by atoms with E-state index >= 15 is 0 Å². The van der Waals surface area contributed by atoms with Gasteiger partial charge >= 0.3 is 0 Å². The molecule has 152 valence electrons. The van der Waals surface area contributed by atoms with Gasteiger partial charge in [-0.05, 0) is 36.6 Å². The molecular weight excluding hydrogens is 447 g/mol. The molecule has 0 saturated carbocycles. The molecule has 7 nitrogen and oxygen atoms in total. The molecule has 0 spiro atoms. The van der Waals surface area contributed by atoms with Gasteiger partial charge in [0.25, 0.3) is 0 Å². The number of benzene rings is 2. The number of imidazole rings is 1. The van der Waals surface area contributed by atoms with Gasteiger partial charge in [-0.15, -0.1) is 0 Å². The van der Waals surface area contributed by atoms with Gasteiger partial charge in [0.1, 0.15) is 22.9 Å². The highest BCUT2D eigenvalue weighted by Crippen LogP contribution is 2.41. The Balaban J connectivity index is 2.04. The molecule has 0 radical (unpaired) electrons. The van der Waals surface area contributed by atoms with Gasteiger partial charge in [0, 0.05) is 11.8 Å². The molecule has 0 aliphatic carbocycles. The van der Waals surface area contributed by atoms with Gasteiger partial charge in [0.15, 0.2) is 11.0 Å². The Morgan fingerprint density at radius 2 is 1.70 bits per heavy atom. The summed E-state index contributed by atoms with van der Waals surface area (Å²) in [6.45, 7) is 0. The molecule has 0 unspecified atom stereocenters. The topological polar surface area (TPSA) is 104 Å². The second kappa shape index (κ2) is 8.06. The number of aromatic nitrogens is 4. The molecule has 2 aromatic carbocycles. The fourth-order valence-electron chi connectivity index (χ4n) is 3.00. The molecule has 0 saturated heterocycles. The Morgan fingerprint density at radius 1 is 0.967 bits per heavy atom. The van der Waals surface area contributed by atoms with Crippen LogP contribution >= 0.6 is 35.0 Å². The normalized spacial score (nSPS) is 11.0. The average molecular weight is 461 g/mol. The van der Waals surface area contributed by atoms with E-state index in [9.17, 15) is 15.4 Å². The van der Waals surface area contributed by atoms with E-state index in [4.69, 9.17) is 23.2 Å². The van der Waals surface area contributed by atoms with Crippen molar-refractivity contribution in [3.05, 3.63) is 58.7 Å². The van der Waals surface area contributed by atoms with Crippen LogP contribution in [0, 0.1) is 0 Å². The largest absolute Gasteiger partial charge is 0.508 e. The first-order valence-corrected chi connectivity index (χ1v) is 10.5. The Labute approximate surface area is 185 Å². The summed E-state index contributed by atoms with van der Waals surface area (Å²) in [5.41, 5.74) is 1.84. The van der Waals surface area contributed by atoms with Crippen LogP contribution in [0.15, 0.2) is 53.8 Å². The summed E-state index contributed by atoms with van der Waals surface area (Å²) in [5, 5.41) is 31.5. The predicted octanol–water partition coefficient (Wildman–Crippen LogP) is 5.35. The Bertz CT molecular complexity index is 1240. The van der Waals surface area contributed by atoms with Crippen LogP contribution in [-0.4, -0.2) is 41.4 Å². The molecule has 4 aromatic rings. The third kappa shape index (κ3) is 3.65. The smallest absolute Gasteiger partial charge is 0.187 e. The summed E-state index contributed by atoms with van der Waals surface area (Å²) in [4.78, 5) is 13.2. The third-order valence-corrected chi connectivity index (χ3v) is 5.44. The van der Waals surface area contributed by atoms with Crippen LogP contribution in [0.5, 0.6) is 11.5 Å². The molecule has 0 atom stereocenters. The summed E-state index contributed by atoms with van der Waals surface area (Å²) in [7, 11) is 0. The lowest BCUT2D eigenvalue weighted by Crippen LogP contribution is -2.00. The highest BCUT2D eigenvalue weighted by Gasteiger charge is 2.25. The van der Waals surface area contributed by atoms with Crippen LogP contribution in [0.3, 0.4) is 0 Å². The van der Waals surface area contributed by atoms with E-state index in [0.717, 1.165) is 4.73 Å². The van der Waals surface area contributed by atoms with Crippen LogP contribution in [0.2, 0.25) is 10.0 Å². The Morgan fingerprint density at radius 3 is 2.37 bits per heavy atom. The lowest BCUT2D eigenvalue weighted by Gasteiger charge is -2.09. The first kappa shape index (κ1) is 20.3. The molecule has 0 fully saturated rings. The minimum atomic E-state index is -0.112. The average Bonchev–Trinajstić information content (AvgIpc) is 3.04. The minimum Gasteiger partial charge on any atom is -0.508 e. The van der Waals surface area contributed by atoms with Gasteiger partial charge < -0.3 is 15.4 Å². The molecule has 0 bridgehead atoms. The molecule has 2 heterocycles. The van der Waals surface area contributed by atoms with Crippen LogP contribution in [0.1, 0.15) is 0 Å². The standard InChI is InChI=1S/C20H14Cl2N4O3S/c1-30-20-23-6-5-15(24-20)18-17(10-3-2-4-11(27)7-10)25-19(26(18)29)16-13(21)8-12(28)9-14(16)22/h2-9,27-29H,1H3. The predicted molar refractivity (Wildman–Crippen MR) is 116 cm³/mol. The lowest BCUT2D eigenvalue weighted by atomic mass is 10.1. The molecule has 2 aromatic heterocycles. The first-order chi connectivity index (χ1) is 14.4. The Kier molecular flexibility index (Phi) is 5.46. The maximum absolute atomic E-state index is 11.1. The van der Waals surface area contributed by atoms with E-state index < -0.39 is 0 Å². The van der Waals surface area contributed by atoms with Gasteiger partial charge in [-0.3, -0.25) is 0 Å². The number of rotatable bonds is 4. The number of hydrogen-bond donors (Lipinski definition) is 3. The molecular formula is C20H14Cl2N4O3S. The van der Waals surface area contributed by atoms with Crippen molar-refractivity contribution in [2.45, 2.75) is 5.16 Å². The lowest BCUT2D eigenvalue weighted by molar-refractivity contribution is 0.195. The highest BCUT2D eigenvalue weighted by molar-refractivity contribution is 7.98. The number of hydrogen-bond acceptors (Lipinski definition) is 7. The maximum atomic E-state index is 11.1. The number of aromatic hydroxyl groups is 2. The fourth-order valence-corrected chi connectivity index (χ4v) is 4.00. The van der Waals surface area contributed by atoms with Crippen LogP contribution in [-0.2, 0) is 0 Å². The van der Waals surface area contributed by atoms with Gasteiger partial charge in [-0.2, -0.15) is 4.73 Å². The van der Waals surface area contributed by atoms with E-state index in [1.165, 1.54) is 36.0 Å². The van der Waals surface area contributed by atoms with Crippen molar-refractivity contribution in [2.24, 2.45) is 0 Å².